The number of carbonyl (C=O) groups excluding carboxylic acids is 3. The highest BCUT2D eigenvalue weighted by atomic mass is 19.1. The Morgan fingerprint density at radius 3 is 2.37 bits per heavy atom. The molecule has 0 heterocycles. The molecule has 0 saturated heterocycles. The van der Waals surface area contributed by atoms with Crippen LogP contribution in [0.1, 0.15) is 35.2 Å². The maximum Gasteiger partial charge on any atom is 0.337 e. The van der Waals surface area contributed by atoms with Gasteiger partial charge in [0.1, 0.15) is 5.82 Å². The van der Waals surface area contributed by atoms with Gasteiger partial charge in [-0.15, -0.1) is 0 Å². The van der Waals surface area contributed by atoms with Gasteiger partial charge in [0, 0.05) is 11.5 Å². The van der Waals surface area contributed by atoms with Crippen molar-refractivity contribution < 1.29 is 28.2 Å². The molecule has 2 atom stereocenters. The number of methoxy groups -OCH3 is 1. The van der Waals surface area contributed by atoms with Gasteiger partial charge in [0.25, 0.3) is 5.91 Å². The molecule has 6 nitrogen and oxygen atoms in total. The van der Waals surface area contributed by atoms with Crippen LogP contribution in [0.5, 0.6) is 0 Å². The fourth-order valence-corrected chi connectivity index (χ4v) is 3.75. The first-order chi connectivity index (χ1) is 14.4. The highest BCUT2D eigenvalue weighted by Gasteiger charge is 2.57. The number of hydrogen-bond donors (Lipinski definition) is 1. The number of allylic oxidation sites excluding steroid dienone is 1. The number of rotatable bonds is 6. The molecule has 0 aliphatic heterocycles. The minimum absolute atomic E-state index is 0.00481. The van der Waals surface area contributed by atoms with Crippen LogP contribution >= 0.6 is 0 Å². The van der Waals surface area contributed by atoms with E-state index in [1.165, 1.54) is 31.4 Å². The van der Waals surface area contributed by atoms with Gasteiger partial charge >= 0.3 is 11.9 Å². The third-order valence-electron chi connectivity index (χ3n) is 5.13. The van der Waals surface area contributed by atoms with Crippen molar-refractivity contribution in [3.05, 3.63) is 83.2 Å². The Morgan fingerprint density at radius 1 is 1.10 bits per heavy atom. The lowest BCUT2D eigenvalue weighted by atomic mass is 9.77. The molecule has 2 aromatic rings. The first-order valence-corrected chi connectivity index (χ1v) is 9.53. The first-order valence-electron chi connectivity index (χ1n) is 9.53. The quantitative estimate of drug-likeness (QED) is 0.739. The van der Waals surface area contributed by atoms with Crippen LogP contribution in [0.4, 0.5) is 4.39 Å². The van der Waals surface area contributed by atoms with Crippen LogP contribution in [0.3, 0.4) is 0 Å². The number of halogens is 1. The van der Waals surface area contributed by atoms with Gasteiger partial charge in [0.05, 0.1) is 19.3 Å². The second kappa shape index (κ2) is 8.90. The van der Waals surface area contributed by atoms with E-state index in [9.17, 15) is 18.8 Å². The van der Waals surface area contributed by atoms with Crippen molar-refractivity contribution >= 4 is 17.8 Å². The van der Waals surface area contributed by atoms with Crippen LogP contribution < -0.4 is 5.32 Å². The van der Waals surface area contributed by atoms with Crippen LogP contribution in [0.25, 0.3) is 0 Å². The van der Waals surface area contributed by atoms with Gasteiger partial charge in [-0.2, -0.15) is 0 Å². The second-order valence-corrected chi connectivity index (χ2v) is 6.80. The van der Waals surface area contributed by atoms with Crippen molar-refractivity contribution in [1.29, 1.82) is 0 Å². The van der Waals surface area contributed by atoms with E-state index in [0.29, 0.717) is 11.1 Å². The largest absolute Gasteiger partial charge is 0.467 e. The molecule has 0 fully saturated rings. The fraction of sp³-hybridized carbons (Fsp3) is 0.261. The van der Waals surface area contributed by atoms with Gasteiger partial charge in [-0.25, -0.2) is 14.0 Å². The lowest BCUT2D eigenvalue weighted by Gasteiger charge is -2.36. The summed E-state index contributed by atoms with van der Waals surface area (Å²) in [6, 6.07) is 13.9. The molecule has 0 bridgehead atoms. The summed E-state index contributed by atoms with van der Waals surface area (Å²) in [5.74, 6) is -3.20. The van der Waals surface area contributed by atoms with Crippen molar-refractivity contribution in [3.8, 4) is 0 Å². The van der Waals surface area contributed by atoms with Gasteiger partial charge in [0.2, 0.25) is 0 Å². The van der Waals surface area contributed by atoms with Gasteiger partial charge in [-0.1, -0.05) is 36.4 Å². The summed E-state index contributed by atoms with van der Waals surface area (Å²) in [5, 5.41) is 2.74. The van der Waals surface area contributed by atoms with E-state index in [1.54, 1.807) is 43.3 Å². The summed E-state index contributed by atoms with van der Waals surface area (Å²) < 4.78 is 23.7. The molecular formula is C23H22FNO5. The van der Waals surface area contributed by atoms with Gasteiger partial charge in [0.15, 0.2) is 5.54 Å². The Kier molecular flexibility index (Phi) is 6.30. The lowest BCUT2D eigenvalue weighted by Crippen LogP contribution is -2.59. The molecule has 2 aromatic carbocycles. The second-order valence-electron chi connectivity index (χ2n) is 6.80. The van der Waals surface area contributed by atoms with E-state index in [0.717, 1.165) is 0 Å². The Hall–Kier alpha value is -3.48. The average molecular weight is 411 g/mol. The molecule has 0 radical (unpaired) electrons. The lowest BCUT2D eigenvalue weighted by molar-refractivity contribution is -0.151. The number of amides is 1. The molecule has 0 aromatic heterocycles. The average Bonchev–Trinajstić information content (AvgIpc) is 3.14. The highest BCUT2D eigenvalue weighted by Crippen LogP contribution is 2.44. The summed E-state index contributed by atoms with van der Waals surface area (Å²) in [6.45, 7) is 1.74. The van der Waals surface area contributed by atoms with E-state index in [1.807, 2.05) is 0 Å². The molecule has 1 amide bonds. The van der Waals surface area contributed by atoms with E-state index < -0.39 is 35.1 Å². The summed E-state index contributed by atoms with van der Waals surface area (Å²) in [5.41, 5.74) is -0.930. The van der Waals surface area contributed by atoms with Gasteiger partial charge < -0.3 is 14.8 Å². The smallest absolute Gasteiger partial charge is 0.337 e. The zero-order valence-corrected chi connectivity index (χ0v) is 16.7. The van der Waals surface area contributed by atoms with Gasteiger partial charge in [-0.05, 0) is 43.2 Å². The Morgan fingerprint density at radius 2 is 1.77 bits per heavy atom. The summed E-state index contributed by atoms with van der Waals surface area (Å²) >= 11 is 0. The van der Waals surface area contributed by atoms with E-state index in [4.69, 9.17) is 9.47 Å². The maximum atomic E-state index is 13.5. The zero-order valence-electron chi connectivity index (χ0n) is 16.7. The van der Waals surface area contributed by atoms with Crippen LogP contribution in [0.2, 0.25) is 0 Å². The topological polar surface area (TPSA) is 81.7 Å². The predicted molar refractivity (Wildman–Crippen MR) is 107 cm³/mol. The molecule has 0 unspecified atom stereocenters. The Labute approximate surface area is 173 Å². The molecule has 1 aliphatic rings. The normalized spacial score (nSPS) is 20.2. The summed E-state index contributed by atoms with van der Waals surface area (Å²) in [7, 11) is 1.18. The van der Waals surface area contributed by atoms with Gasteiger partial charge in [-0.3, -0.25) is 4.79 Å². The monoisotopic (exact) mass is 411 g/mol. The van der Waals surface area contributed by atoms with Crippen molar-refractivity contribution in [2.24, 2.45) is 0 Å². The minimum Gasteiger partial charge on any atom is -0.467 e. The van der Waals surface area contributed by atoms with E-state index in [-0.39, 0.29) is 18.6 Å². The minimum atomic E-state index is -1.81. The summed E-state index contributed by atoms with van der Waals surface area (Å²) in [4.78, 5) is 38.9. The van der Waals surface area contributed by atoms with Crippen molar-refractivity contribution in [2.75, 3.05) is 13.7 Å². The number of nitrogens with one attached hydrogen (secondary N) is 1. The van der Waals surface area contributed by atoms with E-state index in [2.05, 4.69) is 5.32 Å². The van der Waals surface area contributed by atoms with Crippen LogP contribution in [0, 0.1) is 5.82 Å². The number of hydrogen-bond acceptors (Lipinski definition) is 5. The molecule has 30 heavy (non-hydrogen) atoms. The van der Waals surface area contributed by atoms with Crippen LogP contribution in [-0.2, 0) is 19.1 Å². The Balaban J connectivity index is 2.12. The standard InChI is InChI=1S/C23H22FNO5/c1-3-30-21(27)19-14-13-18(15-9-11-17(24)12-10-15)23(19,22(28)29-2)25-20(26)16-7-5-4-6-8-16/h4-12,14,18H,3,13H2,1-2H3,(H,25,26)/t18-,23+/m1/s1. The van der Waals surface area contributed by atoms with Crippen molar-refractivity contribution in [2.45, 2.75) is 24.8 Å². The number of benzene rings is 2. The fourth-order valence-electron chi connectivity index (χ4n) is 3.75. The first kappa shape index (κ1) is 21.2. The molecule has 156 valence electrons. The van der Waals surface area contributed by atoms with E-state index >= 15 is 0 Å². The molecule has 7 heteroatoms. The molecule has 0 saturated carbocycles. The molecule has 0 spiro atoms. The number of esters is 2. The maximum absolute atomic E-state index is 13.5. The SMILES string of the molecule is CCOC(=O)C1=CC[C@H](c2ccc(F)cc2)[C@@]1(NC(=O)c1ccccc1)C(=O)OC. The number of ether oxygens (including phenoxy) is 2. The molecule has 3 rings (SSSR count). The zero-order chi connectivity index (χ0) is 21.7. The Bertz CT molecular complexity index is 971. The third-order valence-corrected chi connectivity index (χ3v) is 5.13. The predicted octanol–water partition coefficient (Wildman–Crippen LogP) is 3.14. The molecular weight excluding hydrogens is 389 g/mol. The van der Waals surface area contributed by atoms with Crippen LogP contribution in [0.15, 0.2) is 66.2 Å². The summed E-state index contributed by atoms with van der Waals surface area (Å²) in [6.07, 6.45) is 1.82. The molecule has 1 N–H and O–H groups in total. The third kappa shape index (κ3) is 3.83. The highest BCUT2D eigenvalue weighted by molar-refractivity contribution is 6.07. The van der Waals surface area contributed by atoms with Crippen LogP contribution in [-0.4, -0.2) is 37.1 Å². The molecule has 1 aliphatic carbocycles. The number of carbonyl (C=O) groups is 3. The van der Waals surface area contributed by atoms with Crippen molar-refractivity contribution in [1.82, 2.24) is 5.32 Å². The van der Waals surface area contributed by atoms with Crippen molar-refractivity contribution in [3.63, 3.8) is 0 Å².